The minimum Gasteiger partial charge on any atom is -0.493 e. The molecule has 1 atom stereocenters. The van der Waals surface area contributed by atoms with Gasteiger partial charge >= 0.3 is 0 Å². The minimum atomic E-state index is 0.0832. The number of nitrogens with one attached hydrogen (secondary N) is 1. The Morgan fingerprint density at radius 3 is 2.83 bits per heavy atom. The highest BCUT2D eigenvalue weighted by Crippen LogP contribution is 2.31. The predicted molar refractivity (Wildman–Crippen MR) is 72.1 cm³/mol. The summed E-state index contributed by atoms with van der Waals surface area (Å²) in [6.45, 7) is 5.86. The summed E-state index contributed by atoms with van der Waals surface area (Å²) in [6, 6.07) is 0.0832. The number of hydrogen-bond donors (Lipinski definition) is 1. The van der Waals surface area contributed by atoms with Crippen LogP contribution >= 0.6 is 11.3 Å². The highest BCUT2D eigenvalue weighted by Gasteiger charge is 2.23. The third-order valence-corrected chi connectivity index (χ3v) is 3.62. The van der Waals surface area contributed by atoms with Crippen LogP contribution in [0.3, 0.4) is 0 Å². The van der Waals surface area contributed by atoms with Crippen molar-refractivity contribution in [2.75, 3.05) is 13.7 Å². The predicted octanol–water partition coefficient (Wildman–Crippen LogP) is 2.07. The van der Waals surface area contributed by atoms with Crippen LogP contribution < -0.4 is 10.1 Å². The number of hydrogen-bond acceptors (Lipinski definition) is 5. The van der Waals surface area contributed by atoms with Gasteiger partial charge in [0.2, 0.25) is 0 Å². The molecule has 1 N–H and O–H groups in total. The zero-order chi connectivity index (χ0) is 13.0. The number of aryl methyl sites for hydroxylation is 1. The molecule has 18 heavy (non-hydrogen) atoms. The van der Waals surface area contributed by atoms with Gasteiger partial charge in [-0.2, -0.15) is 5.10 Å². The van der Waals surface area contributed by atoms with Crippen molar-refractivity contribution in [1.29, 1.82) is 0 Å². The first-order valence-electron chi connectivity index (χ1n) is 6.03. The molecule has 0 aromatic carbocycles. The zero-order valence-electron chi connectivity index (χ0n) is 10.9. The molecule has 2 heterocycles. The molecule has 0 spiro atoms. The minimum absolute atomic E-state index is 0.0832. The van der Waals surface area contributed by atoms with Gasteiger partial charge in [0.15, 0.2) is 5.75 Å². The van der Waals surface area contributed by atoms with Crippen LogP contribution in [0, 0.1) is 0 Å². The Kier molecular flexibility index (Phi) is 4.33. The molecular formula is C12H18N4OS. The highest BCUT2D eigenvalue weighted by atomic mass is 32.1. The van der Waals surface area contributed by atoms with Gasteiger partial charge in [0.25, 0.3) is 0 Å². The molecule has 98 valence electrons. The first-order chi connectivity index (χ1) is 8.81. The van der Waals surface area contributed by atoms with Gasteiger partial charge in [-0.25, -0.2) is 0 Å². The smallest absolute Gasteiger partial charge is 0.161 e. The standard InChI is InChI=1S/C12H18N4OS/c1-4-14-11(10-7-13-8-18-10)12-9(17-3)6-15-16(12)5-2/h6-8,11,14H,4-5H2,1-3H3. The maximum absolute atomic E-state index is 5.41. The quantitative estimate of drug-likeness (QED) is 0.869. The molecule has 0 bridgehead atoms. The third kappa shape index (κ3) is 2.39. The summed E-state index contributed by atoms with van der Waals surface area (Å²) in [6.07, 6.45) is 3.66. The molecule has 0 saturated carbocycles. The van der Waals surface area contributed by atoms with Gasteiger partial charge < -0.3 is 10.1 Å². The van der Waals surface area contributed by atoms with Crippen molar-refractivity contribution in [2.24, 2.45) is 0 Å². The van der Waals surface area contributed by atoms with Gasteiger partial charge in [0.1, 0.15) is 5.69 Å². The van der Waals surface area contributed by atoms with Crippen LogP contribution in [0.15, 0.2) is 17.9 Å². The molecule has 5 nitrogen and oxygen atoms in total. The highest BCUT2D eigenvalue weighted by molar-refractivity contribution is 7.09. The van der Waals surface area contributed by atoms with Crippen LogP contribution in [-0.4, -0.2) is 28.4 Å². The van der Waals surface area contributed by atoms with E-state index in [4.69, 9.17) is 4.74 Å². The van der Waals surface area contributed by atoms with E-state index in [1.165, 1.54) is 4.88 Å². The van der Waals surface area contributed by atoms with E-state index in [1.807, 2.05) is 16.4 Å². The lowest BCUT2D eigenvalue weighted by Gasteiger charge is -2.18. The van der Waals surface area contributed by atoms with E-state index in [2.05, 4.69) is 29.2 Å². The Labute approximate surface area is 111 Å². The zero-order valence-corrected chi connectivity index (χ0v) is 11.7. The monoisotopic (exact) mass is 266 g/mol. The lowest BCUT2D eigenvalue weighted by Crippen LogP contribution is -2.24. The molecule has 2 aromatic rings. The van der Waals surface area contributed by atoms with Crippen LogP contribution in [0.1, 0.15) is 30.5 Å². The molecule has 2 rings (SSSR count). The maximum Gasteiger partial charge on any atom is 0.161 e. The topological polar surface area (TPSA) is 52.0 Å². The van der Waals surface area contributed by atoms with Crippen LogP contribution in [0.5, 0.6) is 5.75 Å². The van der Waals surface area contributed by atoms with Crippen LogP contribution in [0.4, 0.5) is 0 Å². The molecule has 0 amide bonds. The molecule has 6 heteroatoms. The van der Waals surface area contributed by atoms with Crippen molar-refractivity contribution in [1.82, 2.24) is 20.1 Å². The van der Waals surface area contributed by atoms with Crippen molar-refractivity contribution < 1.29 is 4.74 Å². The number of thiazole rings is 1. The van der Waals surface area contributed by atoms with Crippen LogP contribution in [0.25, 0.3) is 0 Å². The van der Waals surface area contributed by atoms with Crippen molar-refractivity contribution in [2.45, 2.75) is 26.4 Å². The Morgan fingerprint density at radius 2 is 2.28 bits per heavy atom. The van der Waals surface area contributed by atoms with E-state index >= 15 is 0 Å². The van der Waals surface area contributed by atoms with Crippen LogP contribution in [0.2, 0.25) is 0 Å². The lowest BCUT2D eigenvalue weighted by molar-refractivity contribution is 0.400. The second-order valence-corrected chi connectivity index (χ2v) is 4.73. The number of ether oxygens (including phenoxy) is 1. The van der Waals surface area contributed by atoms with E-state index in [9.17, 15) is 0 Å². The largest absolute Gasteiger partial charge is 0.493 e. The third-order valence-electron chi connectivity index (χ3n) is 2.78. The lowest BCUT2D eigenvalue weighted by atomic mass is 10.1. The molecular weight excluding hydrogens is 248 g/mol. The van der Waals surface area contributed by atoms with E-state index in [1.54, 1.807) is 24.6 Å². The van der Waals surface area contributed by atoms with Crippen LogP contribution in [-0.2, 0) is 6.54 Å². The van der Waals surface area contributed by atoms with E-state index in [0.29, 0.717) is 0 Å². The number of rotatable bonds is 6. The Hall–Kier alpha value is -1.40. The second kappa shape index (κ2) is 5.97. The molecule has 0 saturated heterocycles. The fourth-order valence-electron chi connectivity index (χ4n) is 1.98. The van der Waals surface area contributed by atoms with Crippen molar-refractivity contribution in [3.63, 3.8) is 0 Å². The first-order valence-corrected chi connectivity index (χ1v) is 6.91. The van der Waals surface area contributed by atoms with Gasteiger partial charge in [0, 0.05) is 17.6 Å². The Morgan fingerprint density at radius 1 is 1.44 bits per heavy atom. The summed E-state index contributed by atoms with van der Waals surface area (Å²) in [7, 11) is 1.68. The van der Waals surface area contributed by atoms with E-state index in [-0.39, 0.29) is 6.04 Å². The molecule has 0 fully saturated rings. The Balaban J connectivity index is 2.44. The second-order valence-electron chi connectivity index (χ2n) is 3.81. The summed E-state index contributed by atoms with van der Waals surface area (Å²) < 4.78 is 7.38. The molecule has 0 aliphatic heterocycles. The first kappa shape index (κ1) is 13.0. The van der Waals surface area contributed by atoms with Gasteiger partial charge in [-0.3, -0.25) is 9.67 Å². The molecule has 0 aliphatic carbocycles. The van der Waals surface area contributed by atoms with Gasteiger partial charge in [0.05, 0.1) is 24.9 Å². The number of aromatic nitrogens is 3. The fourth-order valence-corrected chi connectivity index (χ4v) is 2.68. The number of nitrogens with zero attached hydrogens (tertiary/aromatic N) is 3. The summed E-state index contributed by atoms with van der Waals surface area (Å²) in [5.41, 5.74) is 2.91. The average molecular weight is 266 g/mol. The van der Waals surface area contributed by atoms with Crippen molar-refractivity contribution in [3.05, 3.63) is 28.5 Å². The maximum atomic E-state index is 5.41. The molecule has 2 aromatic heterocycles. The molecule has 0 aliphatic rings. The Bertz CT molecular complexity index is 459. The van der Waals surface area contributed by atoms with Crippen molar-refractivity contribution in [3.8, 4) is 5.75 Å². The summed E-state index contributed by atoms with van der Waals surface area (Å²) in [5, 5.41) is 7.82. The normalized spacial score (nSPS) is 12.6. The van der Waals surface area contributed by atoms with E-state index in [0.717, 1.165) is 24.5 Å². The summed E-state index contributed by atoms with van der Waals surface area (Å²) >= 11 is 1.64. The SMILES string of the molecule is CCNC(c1cncs1)c1c(OC)cnn1CC. The van der Waals surface area contributed by atoms with Gasteiger partial charge in [-0.1, -0.05) is 6.92 Å². The van der Waals surface area contributed by atoms with Gasteiger partial charge in [-0.05, 0) is 13.5 Å². The number of methoxy groups -OCH3 is 1. The molecule has 1 unspecified atom stereocenters. The summed E-state index contributed by atoms with van der Waals surface area (Å²) in [5.74, 6) is 0.816. The van der Waals surface area contributed by atoms with Crippen molar-refractivity contribution >= 4 is 11.3 Å². The summed E-state index contributed by atoms with van der Waals surface area (Å²) in [4.78, 5) is 5.33. The molecule has 0 radical (unpaired) electrons. The fraction of sp³-hybridized carbons (Fsp3) is 0.500. The van der Waals surface area contributed by atoms with E-state index < -0.39 is 0 Å². The van der Waals surface area contributed by atoms with Gasteiger partial charge in [-0.15, -0.1) is 11.3 Å². The average Bonchev–Trinajstić information content (AvgIpc) is 3.04.